The Morgan fingerprint density at radius 2 is 0.667 bits per heavy atom. The first kappa shape index (κ1) is 66.3. The van der Waals surface area contributed by atoms with E-state index in [9.17, 15) is 8.22 Å². The van der Waals surface area contributed by atoms with Gasteiger partial charge in [-0.25, -0.2) is 0 Å². The van der Waals surface area contributed by atoms with Crippen molar-refractivity contribution in [3.63, 3.8) is 0 Å². The number of fused-ring (bicyclic) bond motifs is 10. The van der Waals surface area contributed by atoms with Crippen LogP contribution in [-0.4, -0.2) is 11.3 Å². The second-order valence-corrected chi connectivity index (χ2v) is 39.7. The van der Waals surface area contributed by atoms with Gasteiger partial charge in [-0.1, -0.05) is 339 Å². The van der Waals surface area contributed by atoms with E-state index >= 15 is 0 Å². The summed E-state index contributed by atoms with van der Waals surface area (Å²) in [5, 5.41) is 3.11. The van der Waals surface area contributed by atoms with E-state index in [4.69, 9.17) is 0 Å². The van der Waals surface area contributed by atoms with Crippen molar-refractivity contribution in [1.29, 1.82) is 0 Å². The standard InChI is InChI=1S/C106H106BN3S/c1-100(2,3)70-44-35-65(36-45-70)79-29-24-30-80(66-37-46-71(47-38-66)101(4,5)6)98(79)109-90-56-43-69(78-28-26-34-95-96(78)83-27-22-23-33-94(83)111-95)59-87(90)107-86-55-54-77(108-88-57-52-74(104(13,14)15)60-84(88)85-61-75(105(16,17)18)53-58-89(85)108)64-91(86)110(93-63-76(106(19,20)21)62-92(109)97(93)107)99-81(67-39-48-72(49-40-67)102(7,8)9)31-25-32-82(99)68-41-50-73(51-42-68)103(10,11)12/h22-64H,1-21H3/i52D,53D,57D,58D,60D,61D. The first-order chi connectivity index (χ1) is 55.0. The topological polar surface area (TPSA) is 11.4 Å². The van der Waals surface area contributed by atoms with Crippen LogP contribution in [0.4, 0.5) is 34.1 Å². The van der Waals surface area contributed by atoms with E-state index in [-0.39, 0.29) is 68.9 Å². The maximum absolute atomic E-state index is 10.5. The van der Waals surface area contributed by atoms with E-state index in [1.807, 2.05) is 57.4 Å². The van der Waals surface area contributed by atoms with Gasteiger partial charge in [-0.3, -0.25) is 0 Å². The second kappa shape index (κ2) is 26.1. The molecule has 0 N–H and O–H groups in total. The van der Waals surface area contributed by atoms with Gasteiger partial charge in [0.2, 0.25) is 0 Å². The molecule has 0 aliphatic carbocycles. The van der Waals surface area contributed by atoms with E-state index in [1.54, 1.807) is 0 Å². The zero-order chi connectivity index (χ0) is 83.4. The molecule has 0 amide bonds. The van der Waals surface area contributed by atoms with Gasteiger partial charge >= 0.3 is 0 Å². The van der Waals surface area contributed by atoms with E-state index < -0.39 is 23.0 Å². The molecule has 554 valence electrons. The van der Waals surface area contributed by atoms with Crippen LogP contribution >= 0.6 is 11.3 Å². The lowest BCUT2D eigenvalue weighted by molar-refractivity contribution is 0.590. The highest BCUT2D eigenvalue weighted by Crippen LogP contribution is 2.55. The van der Waals surface area contributed by atoms with Crippen LogP contribution in [0.25, 0.3) is 103 Å². The molecule has 0 fully saturated rings. The number of thiophene rings is 1. The molecular formula is C106H106BN3S. The highest BCUT2D eigenvalue weighted by Gasteiger charge is 2.47. The smallest absolute Gasteiger partial charge is 0.252 e. The van der Waals surface area contributed by atoms with Crippen molar-refractivity contribution >= 4 is 111 Å². The average molecular weight is 1470 g/mol. The molecule has 0 saturated heterocycles. The Morgan fingerprint density at radius 1 is 0.288 bits per heavy atom. The summed E-state index contributed by atoms with van der Waals surface area (Å²) < 4.78 is 66.2. The molecule has 0 unspecified atom stereocenters. The Hall–Kier alpha value is -10.5. The average Bonchev–Trinajstić information content (AvgIpc) is 1.23. The molecule has 3 nitrogen and oxygen atoms in total. The van der Waals surface area contributed by atoms with Crippen LogP contribution < -0.4 is 26.2 Å². The first-order valence-corrected chi connectivity index (χ1v) is 40.6. The van der Waals surface area contributed by atoms with Crippen molar-refractivity contribution in [3.8, 4) is 61.3 Å². The molecule has 2 aliphatic rings. The van der Waals surface area contributed by atoms with Crippen LogP contribution in [0.15, 0.2) is 261 Å². The van der Waals surface area contributed by atoms with Gasteiger partial charge in [0, 0.05) is 81.6 Å². The van der Waals surface area contributed by atoms with E-state index in [0.717, 1.165) is 112 Å². The monoisotopic (exact) mass is 1470 g/mol. The zero-order valence-electron chi connectivity index (χ0n) is 74.7. The van der Waals surface area contributed by atoms with Crippen LogP contribution in [0.2, 0.25) is 0 Å². The molecule has 4 heterocycles. The van der Waals surface area contributed by atoms with Crippen molar-refractivity contribution in [2.75, 3.05) is 9.80 Å². The number of hydrogen-bond donors (Lipinski definition) is 0. The molecule has 0 radical (unpaired) electrons. The van der Waals surface area contributed by atoms with Crippen molar-refractivity contribution in [2.45, 2.75) is 183 Å². The van der Waals surface area contributed by atoms with E-state index in [2.05, 4.69) is 338 Å². The normalized spacial score (nSPS) is 14.3. The van der Waals surface area contributed by atoms with Gasteiger partial charge in [0.25, 0.3) is 6.71 Å². The molecule has 15 aromatic rings. The highest BCUT2D eigenvalue weighted by molar-refractivity contribution is 7.26. The largest absolute Gasteiger partial charge is 0.310 e. The summed E-state index contributed by atoms with van der Waals surface area (Å²) >= 11 is 1.83. The number of nitrogens with zero attached hydrogens (tertiary/aromatic N) is 3. The molecule has 0 bridgehead atoms. The number of hydrogen-bond acceptors (Lipinski definition) is 3. The number of para-hydroxylation sites is 2. The number of anilines is 6. The Kier molecular flexibility index (Phi) is 15.6. The Morgan fingerprint density at radius 3 is 1.09 bits per heavy atom. The fraction of sp³-hybridized carbons (Fsp3) is 0.264. The van der Waals surface area contributed by atoms with Crippen LogP contribution in [0.1, 0.15) is 193 Å². The minimum absolute atomic E-state index is 0.0518. The number of aromatic nitrogens is 1. The summed E-state index contributed by atoms with van der Waals surface area (Å²) in [4.78, 5) is 5.20. The zero-order valence-corrected chi connectivity index (χ0v) is 69.5. The van der Waals surface area contributed by atoms with Crippen molar-refractivity contribution < 1.29 is 8.22 Å². The molecule has 111 heavy (non-hydrogen) atoms. The lowest BCUT2D eigenvalue weighted by atomic mass is 9.33. The van der Waals surface area contributed by atoms with Crippen LogP contribution in [0.3, 0.4) is 0 Å². The van der Waals surface area contributed by atoms with Gasteiger partial charge in [-0.05, 0) is 193 Å². The van der Waals surface area contributed by atoms with Gasteiger partial charge < -0.3 is 14.4 Å². The quantitative estimate of drug-likeness (QED) is 0.141. The Bertz CT molecular complexity index is 6350. The third-order valence-electron chi connectivity index (χ3n) is 23.4. The minimum atomic E-state index is -0.745. The molecule has 5 heteroatoms. The summed E-state index contributed by atoms with van der Waals surface area (Å²) in [6, 6.07) is 84.8. The summed E-state index contributed by atoms with van der Waals surface area (Å²) in [7, 11) is 0. The summed E-state index contributed by atoms with van der Waals surface area (Å²) in [5.74, 6) is 0. The minimum Gasteiger partial charge on any atom is -0.310 e. The fourth-order valence-corrected chi connectivity index (χ4v) is 18.1. The van der Waals surface area contributed by atoms with Gasteiger partial charge in [-0.15, -0.1) is 11.3 Å². The maximum atomic E-state index is 10.5. The molecular weight excluding hydrogens is 1360 g/mol. The van der Waals surface area contributed by atoms with Gasteiger partial charge in [0.15, 0.2) is 0 Å². The van der Waals surface area contributed by atoms with Gasteiger partial charge in [-0.2, -0.15) is 0 Å². The Balaban J connectivity index is 1.08. The molecule has 13 aromatic carbocycles. The van der Waals surface area contributed by atoms with Crippen molar-refractivity contribution in [3.05, 3.63) is 300 Å². The van der Waals surface area contributed by atoms with Crippen LogP contribution in [0.5, 0.6) is 0 Å². The highest BCUT2D eigenvalue weighted by atomic mass is 32.1. The third kappa shape index (κ3) is 12.8. The lowest BCUT2D eigenvalue weighted by Crippen LogP contribution is -2.61. The van der Waals surface area contributed by atoms with Gasteiger partial charge in [0.05, 0.1) is 30.6 Å². The molecule has 0 saturated carbocycles. The maximum Gasteiger partial charge on any atom is 0.252 e. The Labute approximate surface area is 673 Å². The third-order valence-corrected chi connectivity index (χ3v) is 24.6. The molecule has 0 spiro atoms. The number of benzene rings is 13. The lowest BCUT2D eigenvalue weighted by Gasteiger charge is -2.46. The van der Waals surface area contributed by atoms with Gasteiger partial charge in [0.1, 0.15) is 0 Å². The molecule has 2 aliphatic heterocycles. The van der Waals surface area contributed by atoms with Crippen LogP contribution in [-0.2, 0) is 37.9 Å². The SMILES string of the molecule is [2H]c1c(C(C)(C)C)c([2H])c2c3c([2H])c(C(C)(C)C)c([2H])c([2H])c3n(-c3ccc4c(c3)N(c3c(-c5ccc(C(C)(C)C)cc5)cccc3-c3ccc(C(C)(C)C)cc3)c3cc(C(C)(C)C)cc5c3B4c3cc(-c4cccc6sc7ccccc7c46)ccc3N5c3c(-c4ccc(C(C)(C)C)cc4)cccc3-c3ccc(C(C)(C)C)cc3)c2c1[2H]. The summed E-state index contributed by atoms with van der Waals surface area (Å²) in [6.07, 6.45) is 0. The van der Waals surface area contributed by atoms with Crippen molar-refractivity contribution in [1.82, 2.24) is 4.57 Å². The first-order valence-electron chi connectivity index (χ1n) is 42.8. The van der Waals surface area contributed by atoms with E-state index in [1.165, 1.54) is 42.4 Å². The predicted molar refractivity (Wildman–Crippen MR) is 486 cm³/mol. The molecule has 2 aromatic heterocycles. The second-order valence-electron chi connectivity index (χ2n) is 38.6. The van der Waals surface area contributed by atoms with Crippen molar-refractivity contribution in [2.24, 2.45) is 0 Å². The van der Waals surface area contributed by atoms with Crippen LogP contribution in [0, 0.1) is 0 Å². The predicted octanol–water partition coefficient (Wildman–Crippen LogP) is 28.7. The number of rotatable bonds is 8. The molecule has 17 rings (SSSR count). The molecule has 0 atom stereocenters. The fourth-order valence-electron chi connectivity index (χ4n) is 16.9. The van der Waals surface area contributed by atoms with E-state index in [0.29, 0.717) is 27.6 Å². The summed E-state index contributed by atoms with van der Waals surface area (Å²) in [5.41, 5.74) is 25.4. The summed E-state index contributed by atoms with van der Waals surface area (Å²) in [6.45, 7) is 45.7.